The summed E-state index contributed by atoms with van der Waals surface area (Å²) in [4.78, 5) is 38.1. The third-order valence-corrected chi connectivity index (χ3v) is 4.41. The van der Waals surface area contributed by atoms with Crippen LogP contribution in [0.3, 0.4) is 0 Å². The minimum absolute atomic E-state index is 0.0104. The van der Waals surface area contributed by atoms with Crippen molar-refractivity contribution in [1.29, 1.82) is 0 Å². The van der Waals surface area contributed by atoms with E-state index in [0.717, 1.165) is 12.8 Å². The molecule has 1 saturated heterocycles. The van der Waals surface area contributed by atoms with Crippen molar-refractivity contribution in [3.05, 3.63) is 33.9 Å². The minimum atomic E-state index is -0.458. The highest BCUT2D eigenvalue weighted by Gasteiger charge is 2.28. The molecule has 8 nitrogen and oxygen atoms in total. The van der Waals surface area contributed by atoms with Gasteiger partial charge in [0.25, 0.3) is 11.6 Å². The molecule has 0 bridgehead atoms. The van der Waals surface area contributed by atoms with Crippen molar-refractivity contribution in [2.75, 3.05) is 31.1 Å². The Morgan fingerprint density at radius 2 is 1.88 bits per heavy atom. The van der Waals surface area contributed by atoms with E-state index in [4.69, 9.17) is 0 Å². The van der Waals surface area contributed by atoms with Crippen LogP contribution in [0.1, 0.15) is 30.1 Å². The predicted molar refractivity (Wildman–Crippen MR) is 88.1 cm³/mol. The molecule has 8 heteroatoms. The summed E-state index contributed by atoms with van der Waals surface area (Å²) in [5.74, 6) is -0.259. The van der Waals surface area contributed by atoms with E-state index in [2.05, 4.69) is 5.32 Å². The lowest BCUT2D eigenvalue weighted by Crippen LogP contribution is -2.48. The molecule has 0 radical (unpaired) electrons. The van der Waals surface area contributed by atoms with Gasteiger partial charge in [-0.1, -0.05) is 0 Å². The van der Waals surface area contributed by atoms with Crippen LogP contribution in [-0.2, 0) is 4.79 Å². The number of nitro groups is 1. The van der Waals surface area contributed by atoms with E-state index in [1.165, 1.54) is 13.0 Å². The van der Waals surface area contributed by atoms with E-state index in [-0.39, 0.29) is 23.5 Å². The van der Waals surface area contributed by atoms with Crippen molar-refractivity contribution in [1.82, 2.24) is 10.2 Å². The number of anilines is 1. The molecule has 1 aliphatic heterocycles. The first-order valence-corrected chi connectivity index (χ1v) is 8.05. The van der Waals surface area contributed by atoms with E-state index in [1.807, 2.05) is 4.90 Å². The largest absolute Gasteiger partial charge is 0.362 e. The normalized spacial score (nSPS) is 17.5. The van der Waals surface area contributed by atoms with Gasteiger partial charge in [-0.3, -0.25) is 19.7 Å². The molecule has 2 amide bonds. The Hall–Kier alpha value is -2.64. The second-order valence-electron chi connectivity index (χ2n) is 6.20. The smallest absolute Gasteiger partial charge is 0.293 e. The lowest BCUT2D eigenvalue weighted by atomic mass is 10.1. The minimum Gasteiger partial charge on any atom is -0.362 e. The van der Waals surface area contributed by atoms with E-state index >= 15 is 0 Å². The zero-order valence-corrected chi connectivity index (χ0v) is 13.5. The third kappa shape index (κ3) is 3.47. The first kappa shape index (κ1) is 16.2. The van der Waals surface area contributed by atoms with E-state index in [0.29, 0.717) is 37.4 Å². The van der Waals surface area contributed by atoms with Gasteiger partial charge in [-0.25, -0.2) is 0 Å². The van der Waals surface area contributed by atoms with Gasteiger partial charge in [-0.05, 0) is 25.0 Å². The van der Waals surface area contributed by atoms with Gasteiger partial charge in [0.15, 0.2) is 0 Å². The molecule has 1 N–H and O–H groups in total. The molecular formula is C16H20N4O4. The maximum atomic E-state index is 12.1. The molecule has 1 saturated carbocycles. The van der Waals surface area contributed by atoms with Gasteiger partial charge in [0.2, 0.25) is 5.91 Å². The van der Waals surface area contributed by atoms with E-state index < -0.39 is 4.92 Å². The number of nitro benzene ring substituents is 1. The fraction of sp³-hybridized carbons (Fsp3) is 0.500. The molecule has 0 atom stereocenters. The number of hydrogen-bond donors (Lipinski definition) is 1. The molecule has 1 aliphatic carbocycles. The molecule has 1 heterocycles. The van der Waals surface area contributed by atoms with Crippen LogP contribution < -0.4 is 10.2 Å². The van der Waals surface area contributed by atoms with Crippen molar-refractivity contribution in [3.8, 4) is 0 Å². The molecule has 2 aliphatic rings. The number of benzene rings is 1. The molecule has 1 aromatic rings. The molecule has 0 aromatic heterocycles. The summed E-state index contributed by atoms with van der Waals surface area (Å²) in [5, 5.41) is 14.3. The first-order valence-electron chi connectivity index (χ1n) is 8.05. The summed E-state index contributed by atoms with van der Waals surface area (Å²) in [6.07, 6.45) is 1.93. The Bertz CT molecular complexity index is 679. The van der Waals surface area contributed by atoms with Crippen LogP contribution in [0.5, 0.6) is 0 Å². The van der Waals surface area contributed by atoms with Gasteiger partial charge in [-0.15, -0.1) is 0 Å². The monoisotopic (exact) mass is 332 g/mol. The number of rotatable bonds is 4. The summed E-state index contributed by atoms with van der Waals surface area (Å²) in [7, 11) is 0. The highest BCUT2D eigenvalue weighted by atomic mass is 16.6. The first-order chi connectivity index (χ1) is 11.5. The number of amides is 2. The molecule has 128 valence electrons. The Balaban J connectivity index is 1.78. The summed E-state index contributed by atoms with van der Waals surface area (Å²) >= 11 is 0. The highest BCUT2D eigenvalue weighted by molar-refractivity contribution is 5.96. The Morgan fingerprint density at radius 1 is 1.21 bits per heavy atom. The second-order valence-corrected chi connectivity index (χ2v) is 6.20. The standard InChI is InChI=1S/C16H20N4O4/c1-11(21)18-6-8-19(9-7-18)14-5-2-12(10-15(14)20(23)24)16(22)17-13-3-4-13/h2,5,10,13H,3-4,6-9H2,1H3,(H,17,22). The maximum absolute atomic E-state index is 12.1. The van der Waals surface area contributed by atoms with Crippen LogP contribution in [0.2, 0.25) is 0 Å². The van der Waals surface area contributed by atoms with Crippen molar-refractivity contribution in [3.63, 3.8) is 0 Å². The highest BCUT2D eigenvalue weighted by Crippen LogP contribution is 2.30. The summed E-state index contributed by atoms with van der Waals surface area (Å²) in [5.41, 5.74) is 0.723. The molecule has 1 aromatic carbocycles. The van der Waals surface area contributed by atoms with E-state index in [1.54, 1.807) is 17.0 Å². The zero-order chi connectivity index (χ0) is 17.3. The van der Waals surface area contributed by atoms with Crippen LogP contribution in [-0.4, -0.2) is 53.9 Å². The van der Waals surface area contributed by atoms with Crippen molar-refractivity contribution in [2.24, 2.45) is 0 Å². The average Bonchev–Trinajstić information content (AvgIpc) is 3.38. The van der Waals surface area contributed by atoms with Gasteiger partial charge in [0, 0.05) is 50.8 Å². The second kappa shape index (κ2) is 6.46. The average molecular weight is 332 g/mol. The Kier molecular flexibility index (Phi) is 4.37. The molecule has 3 rings (SSSR count). The number of nitrogens with one attached hydrogen (secondary N) is 1. The van der Waals surface area contributed by atoms with Crippen LogP contribution in [0.15, 0.2) is 18.2 Å². The SMILES string of the molecule is CC(=O)N1CCN(c2ccc(C(=O)NC3CC3)cc2[N+](=O)[O-])CC1. The number of piperazine rings is 1. The number of carbonyl (C=O) groups excluding carboxylic acids is 2. The lowest BCUT2D eigenvalue weighted by molar-refractivity contribution is -0.384. The van der Waals surface area contributed by atoms with Crippen LogP contribution in [0.4, 0.5) is 11.4 Å². The van der Waals surface area contributed by atoms with Crippen molar-refractivity contribution < 1.29 is 14.5 Å². The quantitative estimate of drug-likeness (QED) is 0.659. The van der Waals surface area contributed by atoms with Gasteiger partial charge in [0.1, 0.15) is 5.69 Å². The Labute approximate surface area is 139 Å². The summed E-state index contributed by atoms with van der Waals surface area (Å²) < 4.78 is 0. The molecule has 0 spiro atoms. The topological polar surface area (TPSA) is 95.8 Å². The van der Waals surface area contributed by atoms with Crippen LogP contribution in [0, 0.1) is 10.1 Å². The predicted octanol–water partition coefficient (Wildman–Crippen LogP) is 1.16. The third-order valence-electron chi connectivity index (χ3n) is 4.41. The fourth-order valence-corrected chi connectivity index (χ4v) is 2.84. The Morgan fingerprint density at radius 3 is 2.42 bits per heavy atom. The summed E-state index contributed by atoms with van der Waals surface area (Å²) in [6.45, 7) is 3.67. The number of hydrogen-bond acceptors (Lipinski definition) is 5. The maximum Gasteiger partial charge on any atom is 0.293 e. The fourth-order valence-electron chi connectivity index (χ4n) is 2.84. The van der Waals surface area contributed by atoms with Gasteiger partial charge >= 0.3 is 0 Å². The zero-order valence-electron chi connectivity index (χ0n) is 13.5. The van der Waals surface area contributed by atoms with Crippen molar-refractivity contribution >= 4 is 23.2 Å². The van der Waals surface area contributed by atoms with E-state index in [9.17, 15) is 19.7 Å². The van der Waals surface area contributed by atoms with Gasteiger partial charge in [-0.2, -0.15) is 0 Å². The molecule has 0 unspecified atom stereocenters. The van der Waals surface area contributed by atoms with Gasteiger partial charge in [0.05, 0.1) is 4.92 Å². The summed E-state index contributed by atoms with van der Waals surface area (Å²) in [6, 6.07) is 4.79. The van der Waals surface area contributed by atoms with Crippen molar-refractivity contribution in [2.45, 2.75) is 25.8 Å². The lowest BCUT2D eigenvalue weighted by Gasteiger charge is -2.35. The number of carbonyl (C=O) groups is 2. The van der Waals surface area contributed by atoms with Crippen LogP contribution >= 0.6 is 0 Å². The van der Waals surface area contributed by atoms with Crippen LogP contribution in [0.25, 0.3) is 0 Å². The van der Waals surface area contributed by atoms with Gasteiger partial charge < -0.3 is 15.1 Å². The number of nitrogens with zero attached hydrogens (tertiary/aromatic N) is 3. The molecule has 24 heavy (non-hydrogen) atoms. The molecule has 2 fully saturated rings. The molecular weight excluding hydrogens is 312 g/mol.